The quantitative estimate of drug-likeness (QED) is 0.766. The number of nitrogens with one attached hydrogen (secondary N) is 2. The van der Waals surface area contributed by atoms with E-state index in [0.29, 0.717) is 5.69 Å². The van der Waals surface area contributed by atoms with Crippen molar-refractivity contribution < 1.29 is 21.6 Å². The largest absolute Gasteiger partial charge is 0.326 e. The summed E-state index contributed by atoms with van der Waals surface area (Å²) in [6, 6.07) is 5.46. The lowest BCUT2D eigenvalue weighted by Crippen LogP contribution is -2.47. The van der Waals surface area contributed by atoms with E-state index in [1.165, 1.54) is 31.2 Å². The Balaban J connectivity index is 1.84. The number of hydrogen-bond donors (Lipinski definition) is 2. The van der Waals surface area contributed by atoms with Gasteiger partial charge in [0.25, 0.3) is 0 Å². The summed E-state index contributed by atoms with van der Waals surface area (Å²) < 4.78 is 50.3. The number of benzene rings is 1. The minimum Gasteiger partial charge on any atom is -0.326 e. The Hall–Kier alpha value is -1.45. The predicted octanol–water partition coefficient (Wildman–Crippen LogP) is 1.12. The molecule has 0 bridgehead atoms. The van der Waals surface area contributed by atoms with Gasteiger partial charge in [-0.3, -0.25) is 4.79 Å². The second-order valence-electron chi connectivity index (χ2n) is 7.12. The van der Waals surface area contributed by atoms with Gasteiger partial charge in [-0.25, -0.2) is 16.8 Å². The number of sulfone groups is 2. The zero-order chi connectivity index (χ0) is 18.9. The monoisotopic (exact) mass is 400 g/mol. The molecule has 1 saturated carbocycles. The zero-order valence-corrected chi connectivity index (χ0v) is 16.3. The molecular formula is C17H24N2O5S2. The Kier molecular flexibility index (Phi) is 5.41. The molecule has 26 heavy (non-hydrogen) atoms. The molecule has 0 unspecified atom stereocenters. The first-order chi connectivity index (χ1) is 12.2. The van der Waals surface area contributed by atoms with Gasteiger partial charge in [-0.2, -0.15) is 0 Å². The molecule has 3 rings (SSSR count). The molecule has 1 aromatic carbocycles. The molecule has 144 valence electrons. The highest BCUT2D eigenvalue weighted by atomic mass is 32.2. The highest BCUT2D eigenvalue weighted by molar-refractivity contribution is 7.96. The zero-order valence-electron chi connectivity index (χ0n) is 14.6. The van der Waals surface area contributed by atoms with Crippen LogP contribution in [0.1, 0.15) is 32.6 Å². The fourth-order valence-electron chi connectivity index (χ4n) is 3.78. The van der Waals surface area contributed by atoms with Gasteiger partial charge in [0.2, 0.25) is 5.91 Å². The van der Waals surface area contributed by atoms with Crippen molar-refractivity contribution in [2.45, 2.75) is 54.8 Å². The van der Waals surface area contributed by atoms with E-state index in [2.05, 4.69) is 10.6 Å². The van der Waals surface area contributed by atoms with Gasteiger partial charge in [0.15, 0.2) is 19.7 Å². The molecule has 1 heterocycles. The molecule has 2 aliphatic rings. The first-order valence-electron chi connectivity index (χ1n) is 8.75. The number of carbonyl (C=O) groups is 1. The van der Waals surface area contributed by atoms with Crippen LogP contribution >= 0.6 is 0 Å². The maximum absolute atomic E-state index is 13.0. The maximum atomic E-state index is 13.0. The Bertz CT molecular complexity index is 872. The van der Waals surface area contributed by atoms with Crippen LogP contribution in [-0.4, -0.2) is 51.6 Å². The van der Waals surface area contributed by atoms with E-state index in [-0.39, 0.29) is 28.4 Å². The number of hydrogen-bond acceptors (Lipinski definition) is 6. The van der Waals surface area contributed by atoms with Crippen LogP contribution in [0.15, 0.2) is 29.2 Å². The highest BCUT2D eigenvalue weighted by Crippen LogP contribution is 2.28. The lowest BCUT2D eigenvalue weighted by molar-refractivity contribution is -0.114. The van der Waals surface area contributed by atoms with Crippen molar-refractivity contribution in [2.24, 2.45) is 0 Å². The molecule has 0 spiro atoms. The third-order valence-electron chi connectivity index (χ3n) is 5.01. The molecular weight excluding hydrogens is 376 g/mol. The van der Waals surface area contributed by atoms with E-state index >= 15 is 0 Å². The Labute approximate surface area is 154 Å². The summed E-state index contributed by atoms with van der Waals surface area (Å²) in [7, 11) is -7.20. The van der Waals surface area contributed by atoms with Crippen LogP contribution in [0, 0.1) is 0 Å². The fraction of sp³-hybridized carbons (Fsp3) is 0.588. The molecule has 1 aliphatic carbocycles. The number of amides is 1. The summed E-state index contributed by atoms with van der Waals surface area (Å²) in [6.07, 6.45) is 4.07. The SMILES string of the molecule is CC(=O)Nc1ccc(S(=O)(=O)[C@H]2CS(=O)(=O)C[C@@H]2NC2CCCC2)cc1. The summed E-state index contributed by atoms with van der Waals surface area (Å²) >= 11 is 0. The molecule has 1 amide bonds. The predicted molar refractivity (Wildman–Crippen MR) is 99.6 cm³/mol. The number of anilines is 1. The molecule has 1 aliphatic heterocycles. The van der Waals surface area contributed by atoms with Crippen LogP contribution in [0.3, 0.4) is 0 Å². The Morgan fingerprint density at radius 2 is 1.69 bits per heavy atom. The van der Waals surface area contributed by atoms with E-state index in [1.807, 2.05) is 0 Å². The van der Waals surface area contributed by atoms with Gasteiger partial charge in [-0.05, 0) is 37.1 Å². The summed E-state index contributed by atoms with van der Waals surface area (Å²) in [6.45, 7) is 1.37. The maximum Gasteiger partial charge on any atom is 0.221 e. The Morgan fingerprint density at radius 3 is 2.27 bits per heavy atom. The summed E-state index contributed by atoms with van der Waals surface area (Å²) in [5, 5.41) is 4.88. The second-order valence-corrected chi connectivity index (χ2v) is 11.4. The lowest BCUT2D eigenvalue weighted by Gasteiger charge is -2.23. The Morgan fingerprint density at radius 1 is 1.08 bits per heavy atom. The van der Waals surface area contributed by atoms with Crippen molar-refractivity contribution in [3.05, 3.63) is 24.3 Å². The van der Waals surface area contributed by atoms with E-state index in [4.69, 9.17) is 0 Å². The number of rotatable bonds is 5. The van der Waals surface area contributed by atoms with Gasteiger partial charge in [0.05, 0.1) is 21.7 Å². The van der Waals surface area contributed by atoms with Crippen molar-refractivity contribution in [1.29, 1.82) is 0 Å². The third kappa shape index (κ3) is 4.27. The first kappa shape index (κ1) is 19.3. The van der Waals surface area contributed by atoms with Crippen LogP contribution in [0.2, 0.25) is 0 Å². The van der Waals surface area contributed by atoms with Crippen LogP contribution < -0.4 is 10.6 Å². The second kappa shape index (κ2) is 7.28. The summed E-state index contributed by atoms with van der Waals surface area (Å²) in [5.41, 5.74) is 0.496. The highest BCUT2D eigenvalue weighted by Gasteiger charge is 2.46. The fourth-order valence-corrected chi connectivity index (χ4v) is 8.46. The molecule has 9 heteroatoms. The van der Waals surface area contributed by atoms with Gasteiger partial charge in [-0.15, -0.1) is 0 Å². The lowest BCUT2D eigenvalue weighted by atomic mass is 10.2. The van der Waals surface area contributed by atoms with Gasteiger partial charge in [0, 0.05) is 24.7 Å². The van der Waals surface area contributed by atoms with Gasteiger partial charge in [-0.1, -0.05) is 12.8 Å². The van der Waals surface area contributed by atoms with Gasteiger partial charge in [0.1, 0.15) is 0 Å². The smallest absolute Gasteiger partial charge is 0.221 e. The first-order valence-corrected chi connectivity index (χ1v) is 12.1. The summed E-state index contributed by atoms with van der Waals surface area (Å²) in [4.78, 5) is 11.2. The molecule has 1 saturated heterocycles. The normalized spacial score (nSPS) is 26.0. The van der Waals surface area contributed by atoms with Crippen molar-refractivity contribution in [3.8, 4) is 0 Å². The molecule has 0 radical (unpaired) electrons. The van der Waals surface area contributed by atoms with Crippen molar-refractivity contribution in [1.82, 2.24) is 5.32 Å². The van der Waals surface area contributed by atoms with Crippen LogP contribution in [0.25, 0.3) is 0 Å². The molecule has 1 aromatic rings. The van der Waals surface area contributed by atoms with E-state index in [9.17, 15) is 21.6 Å². The molecule has 7 nitrogen and oxygen atoms in total. The molecule has 2 atom stereocenters. The average Bonchev–Trinajstić information content (AvgIpc) is 3.15. The van der Waals surface area contributed by atoms with Crippen LogP contribution in [-0.2, 0) is 24.5 Å². The van der Waals surface area contributed by atoms with Crippen LogP contribution in [0.4, 0.5) is 5.69 Å². The van der Waals surface area contributed by atoms with E-state index in [0.717, 1.165) is 25.7 Å². The minimum absolute atomic E-state index is 0.0759. The van der Waals surface area contributed by atoms with Gasteiger partial charge < -0.3 is 10.6 Å². The average molecular weight is 401 g/mol. The van der Waals surface area contributed by atoms with Gasteiger partial charge >= 0.3 is 0 Å². The minimum atomic E-state index is -3.80. The topological polar surface area (TPSA) is 109 Å². The molecule has 2 fully saturated rings. The van der Waals surface area contributed by atoms with E-state index < -0.39 is 31.0 Å². The summed E-state index contributed by atoms with van der Waals surface area (Å²) in [5.74, 6) is -0.742. The van der Waals surface area contributed by atoms with Crippen molar-refractivity contribution in [3.63, 3.8) is 0 Å². The van der Waals surface area contributed by atoms with Crippen molar-refractivity contribution in [2.75, 3.05) is 16.8 Å². The van der Waals surface area contributed by atoms with E-state index in [1.54, 1.807) is 0 Å². The molecule has 2 N–H and O–H groups in total. The third-order valence-corrected chi connectivity index (χ3v) is 9.17. The van der Waals surface area contributed by atoms with Crippen molar-refractivity contribution >= 4 is 31.3 Å². The standard InChI is InChI=1S/C17H24N2O5S2/c1-12(20)18-14-6-8-15(9-7-14)26(23,24)17-11-25(21,22)10-16(17)19-13-4-2-3-5-13/h6-9,13,16-17,19H,2-5,10-11H2,1H3,(H,18,20)/t16-,17-/m0/s1. The van der Waals surface area contributed by atoms with Crippen LogP contribution in [0.5, 0.6) is 0 Å². The number of carbonyl (C=O) groups excluding carboxylic acids is 1. The molecule has 0 aromatic heterocycles.